The topological polar surface area (TPSA) is 96.3 Å². The molecule has 2 amide bonds. The number of thiophene rings is 1. The van der Waals surface area contributed by atoms with Crippen LogP contribution in [0.3, 0.4) is 0 Å². The van der Waals surface area contributed by atoms with Crippen LogP contribution in [0.4, 0.5) is 4.39 Å². The molecule has 1 aliphatic carbocycles. The van der Waals surface area contributed by atoms with E-state index in [1.807, 2.05) is 42.6 Å². The first-order valence-corrected chi connectivity index (χ1v) is 22.1. The fourth-order valence-electron chi connectivity index (χ4n) is 9.15. The normalized spacial score (nSPS) is 22.0. The smallest absolute Gasteiger partial charge is 0.455 e. The number of benzene rings is 3. The first-order valence-electron chi connectivity index (χ1n) is 19.3. The van der Waals surface area contributed by atoms with Crippen molar-refractivity contribution >= 4 is 55.0 Å². The summed E-state index contributed by atoms with van der Waals surface area (Å²) in [5.41, 5.74) is 3.64. The zero-order chi connectivity index (χ0) is 38.9. The number of rotatable bonds is 12. The number of fused-ring (bicyclic) bond motifs is 3. The van der Waals surface area contributed by atoms with Crippen LogP contribution in [0.2, 0.25) is 11.4 Å². The number of allylic oxidation sites excluding steroid dienone is 1. The highest BCUT2D eigenvalue weighted by Gasteiger charge is 2.58. The fraction of sp³-hybridized carbons (Fsp3) is 0.364. The molecule has 55 heavy (non-hydrogen) atoms. The second-order valence-electron chi connectivity index (χ2n) is 16.0. The van der Waals surface area contributed by atoms with Gasteiger partial charge in [0.2, 0.25) is 11.8 Å². The molecule has 0 unspecified atom stereocenters. The summed E-state index contributed by atoms with van der Waals surface area (Å²) in [4.78, 5) is 30.9. The molecule has 3 aliphatic rings. The lowest BCUT2D eigenvalue weighted by molar-refractivity contribution is -0.140. The first kappa shape index (κ1) is 39.1. The number of aromatic hydroxyl groups is 1. The standard InChI is InChI=1S/C44H49BFNO6SSi/c1-5-29(23-30-18-20-38(48)37(46)24-30)19-21-39-40-31(28-52-55(44(2,3)4,33-14-8-6-9-15-33)34-16-10-7-11-17-34)25-35-41(36(40)26-45(51)53-39)43(50)47(42(35)49)27-32-13-12-22-54-32/h6-18,20,22-24,35-36,39,41,48,51H,5,19,21,25-28H2,1-4H3/b29-23+/t35-,36+,39-,41-/m1/s1. The molecule has 286 valence electrons. The number of hydrogen-bond donors (Lipinski definition) is 2. The zero-order valence-corrected chi connectivity index (χ0v) is 33.7. The molecule has 2 saturated heterocycles. The van der Waals surface area contributed by atoms with Gasteiger partial charge in [-0.3, -0.25) is 14.5 Å². The van der Waals surface area contributed by atoms with Gasteiger partial charge in [-0.05, 0) is 93.6 Å². The molecule has 2 fully saturated rings. The predicted octanol–water partition coefficient (Wildman–Crippen LogP) is 7.74. The summed E-state index contributed by atoms with van der Waals surface area (Å²) in [5, 5.41) is 25.0. The molecule has 0 bridgehead atoms. The van der Waals surface area contributed by atoms with Crippen molar-refractivity contribution in [3.63, 3.8) is 0 Å². The van der Waals surface area contributed by atoms with Gasteiger partial charge in [-0.2, -0.15) is 0 Å². The third-order valence-corrected chi connectivity index (χ3v) is 17.5. The molecule has 11 heteroatoms. The van der Waals surface area contributed by atoms with Crippen LogP contribution in [0.1, 0.15) is 63.8 Å². The van der Waals surface area contributed by atoms with Crippen LogP contribution in [-0.4, -0.2) is 55.0 Å². The molecule has 7 rings (SSSR count). The van der Waals surface area contributed by atoms with Crippen LogP contribution in [0, 0.1) is 23.6 Å². The van der Waals surface area contributed by atoms with Gasteiger partial charge >= 0.3 is 7.12 Å². The lowest BCUT2D eigenvalue weighted by Gasteiger charge is -2.46. The maximum Gasteiger partial charge on any atom is 0.455 e. The molecular formula is C44H49BFNO6SSi. The third-order valence-electron chi connectivity index (χ3n) is 11.7. The summed E-state index contributed by atoms with van der Waals surface area (Å²) in [6.07, 6.45) is 3.82. The Morgan fingerprint density at radius 3 is 2.29 bits per heavy atom. The molecule has 0 saturated carbocycles. The molecular weight excluding hydrogens is 728 g/mol. The molecule has 7 nitrogen and oxygen atoms in total. The first-order chi connectivity index (χ1) is 26.4. The van der Waals surface area contributed by atoms with E-state index in [9.17, 15) is 24.1 Å². The molecule has 4 atom stereocenters. The number of nitrogens with zero attached hydrogens (tertiary/aromatic N) is 1. The maximum absolute atomic E-state index is 14.3. The van der Waals surface area contributed by atoms with Crippen molar-refractivity contribution in [3.05, 3.63) is 129 Å². The van der Waals surface area contributed by atoms with Crippen LogP contribution in [-0.2, 0) is 25.2 Å². The Morgan fingerprint density at radius 2 is 1.69 bits per heavy atom. The SMILES string of the molecule is CC/C(=C\c1ccc(O)c(F)c1)CC[C@H]1OB(O)C[C@H]2C1=C(CO[Si](c1ccccc1)(c1ccccc1)C(C)(C)C)C[C@H]1C(=O)N(Cc3cccs3)C(=O)[C@H]12. The van der Waals surface area contributed by atoms with Gasteiger partial charge in [0.1, 0.15) is 0 Å². The van der Waals surface area contributed by atoms with E-state index < -0.39 is 50.9 Å². The Balaban J connectivity index is 1.29. The van der Waals surface area contributed by atoms with Crippen molar-refractivity contribution in [2.45, 2.75) is 77.4 Å². The highest BCUT2D eigenvalue weighted by Crippen LogP contribution is 2.51. The van der Waals surface area contributed by atoms with Crippen LogP contribution in [0.15, 0.2) is 113 Å². The van der Waals surface area contributed by atoms with Crippen LogP contribution >= 0.6 is 11.3 Å². The third kappa shape index (κ3) is 7.69. The lowest BCUT2D eigenvalue weighted by Crippen LogP contribution is -2.66. The number of carbonyl (C=O) groups excluding carboxylic acids is 2. The quantitative estimate of drug-likeness (QED) is 0.0869. The molecule has 3 aromatic carbocycles. The largest absolute Gasteiger partial charge is 0.505 e. The van der Waals surface area contributed by atoms with E-state index in [0.29, 0.717) is 31.2 Å². The second-order valence-corrected chi connectivity index (χ2v) is 21.4. The summed E-state index contributed by atoms with van der Waals surface area (Å²) in [6.45, 7) is 9.25. The summed E-state index contributed by atoms with van der Waals surface area (Å²) in [6, 6.07) is 29.1. The number of hydrogen-bond acceptors (Lipinski definition) is 7. The van der Waals surface area contributed by atoms with Crippen LogP contribution in [0.5, 0.6) is 5.75 Å². The summed E-state index contributed by atoms with van der Waals surface area (Å²) in [5.74, 6) is -2.97. The van der Waals surface area contributed by atoms with Gasteiger partial charge in [0.15, 0.2) is 11.6 Å². The van der Waals surface area contributed by atoms with Gasteiger partial charge < -0.3 is 19.2 Å². The van der Waals surface area contributed by atoms with E-state index in [1.165, 1.54) is 28.4 Å². The Labute approximate surface area is 328 Å². The molecule has 1 aromatic heterocycles. The Kier molecular flexibility index (Phi) is 11.5. The van der Waals surface area contributed by atoms with E-state index >= 15 is 0 Å². The number of carbonyl (C=O) groups is 2. The maximum atomic E-state index is 14.3. The van der Waals surface area contributed by atoms with Gasteiger partial charge in [0, 0.05) is 4.88 Å². The average molecular weight is 778 g/mol. The van der Waals surface area contributed by atoms with Gasteiger partial charge in [-0.1, -0.05) is 112 Å². The molecule has 3 heterocycles. The van der Waals surface area contributed by atoms with Crippen molar-refractivity contribution in [2.24, 2.45) is 17.8 Å². The van der Waals surface area contributed by atoms with E-state index in [2.05, 4.69) is 69.3 Å². The van der Waals surface area contributed by atoms with Gasteiger partial charge in [0.25, 0.3) is 8.32 Å². The Hall–Kier alpha value is -4.13. The Bertz CT molecular complexity index is 2030. The lowest BCUT2D eigenvalue weighted by atomic mass is 9.58. The highest BCUT2D eigenvalue weighted by atomic mass is 32.1. The second kappa shape index (κ2) is 16.2. The minimum Gasteiger partial charge on any atom is -0.505 e. The van der Waals surface area contributed by atoms with Crippen molar-refractivity contribution < 1.29 is 33.2 Å². The van der Waals surface area contributed by atoms with Crippen molar-refractivity contribution in [1.29, 1.82) is 0 Å². The molecule has 0 spiro atoms. The molecule has 2 aliphatic heterocycles. The monoisotopic (exact) mass is 777 g/mol. The zero-order valence-electron chi connectivity index (χ0n) is 31.9. The van der Waals surface area contributed by atoms with Gasteiger partial charge in [-0.25, -0.2) is 4.39 Å². The summed E-state index contributed by atoms with van der Waals surface area (Å²) < 4.78 is 28.1. The number of amides is 2. The summed E-state index contributed by atoms with van der Waals surface area (Å²) >= 11 is 1.52. The predicted molar refractivity (Wildman–Crippen MR) is 219 cm³/mol. The van der Waals surface area contributed by atoms with Crippen molar-refractivity contribution in [3.8, 4) is 5.75 Å². The molecule has 4 aromatic rings. The molecule has 2 N–H and O–H groups in total. The van der Waals surface area contributed by atoms with E-state index in [0.717, 1.165) is 32.0 Å². The molecule has 0 radical (unpaired) electrons. The summed E-state index contributed by atoms with van der Waals surface area (Å²) in [7, 11) is -4.09. The highest BCUT2D eigenvalue weighted by molar-refractivity contribution is 7.09. The van der Waals surface area contributed by atoms with Crippen LogP contribution in [0.25, 0.3) is 6.08 Å². The van der Waals surface area contributed by atoms with Crippen LogP contribution < -0.4 is 10.4 Å². The van der Waals surface area contributed by atoms with Gasteiger partial charge in [0.05, 0.1) is 31.1 Å². The Morgan fingerprint density at radius 1 is 1.00 bits per heavy atom. The van der Waals surface area contributed by atoms with Crippen molar-refractivity contribution in [1.82, 2.24) is 4.90 Å². The fourth-order valence-corrected chi connectivity index (χ4v) is 14.4. The van der Waals surface area contributed by atoms with Crippen molar-refractivity contribution in [2.75, 3.05) is 6.61 Å². The van der Waals surface area contributed by atoms with E-state index in [1.54, 1.807) is 6.07 Å². The van der Waals surface area contributed by atoms with Gasteiger partial charge in [-0.15, -0.1) is 11.3 Å². The number of imide groups is 1. The average Bonchev–Trinajstić information content (AvgIpc) is 3.77. The number of likely N-dealkylation sites (tertiary alicyclic amines) is 1. The minimum atomic E-state index is -2.98. The number of halogens is 1. The number of phenolic OH excluding ortho intramolecular Hbond substituents is 1. The minimum absolute atomic E-state index is 0.166. The van der Waals surface area contributed by atoms with E-state index in [4.69, 9.17) is 9.08 Å². The number of phenols is 1. The van der Waals surface area contributed by atoms with E-state index in [-0.39, 0.29) is 36.3 Å².